The van der Waals surface area contributed by atoms with Gasteiger partial charge in [0.1, 0.15) is 0 Å². The highest BCUT2D eigenvalue weighted by Gasteiger charge is 2.05. The molecule has 0 radical (unpaired) electrons. The Bertz CT molecular complexity index is 366. The van der Waals surface area contributed by atoms with E-state index in [0.717, 1.165) is 16.1 Å². The summed E-state index contributed by atoms with van der Waals surface area (Å²) in [7, 11) is 3.37. The Kier molecular flexibility index (Phi) is 3.99. The fraction of sp³-hybridized carbons (Fsp3) is 0.300. The van der Waals surface area contributed by atoms with Crippen molar-refractivity contribution in [2.24, 2.45) is 5.73 Å². The topological polar surface area (TPSA) is 58.4 Å². The fourth-order valence-electron chi connectivity index (χ4n) is 1.06. The Morgan fingerprint density at radius 2 is 2.20 bits per heavy atom. The predicted octanol–water partition coefficient (Wildman–Crippen LogP) is 1.53. The summed E-state index contributed by atoms with van der Waals surface area (Å²) in [6.07, 6.45) is 0. The van der Waals surface area contributed by atoms with E-state index in [4.69, 9.17) is 5.73 Å². The summed E-state index contributed by atoms with van der Waals surface area (Å²) in [5, 5.41) is 2.74. The van der Waals surface area contributed by atoms with Crippen LogP contribution in [0.5, 0.6) is 0 Å². The number of amides is 2. The summed E-state index contributed by atoms with van der Waals surface area (Å²) in [6.45, 7) is 0.407. The van der Waals surface area contributed by atoms with Crippen molar-refractivity contribution in [1.29, 1.82) is 0 Å². The molecule has 0 saturated carbocycles. The van der Waals surface area contributed by atoms with Crippen LogP contribution in [-0.2, 0) is 6.54 Å². The number of anilines is 1. The van der Waals surface area contributed by atoms with Gasteiger partial charge in [-0.3, -0.25) is 0 Å². The first-order valence-corrected chi connectivity index (χ1v) is 4.99. The Balaban J connectivity index is 2.83. The SMILES string of the molecule is CN(C)C(=O)Nc1ccc(S)c(CN)c1. The molecule has 3 N–H and O–H groups in total. The van der Waals surface area contributed by atoms with Crippen molar-refractivity contribution in [3.8, 4) is 0 Å². The summed E-state index contributed by atoms with van der Waals surface area (Å²) < 4.78 is 0. The third-order valence-corrected chi connectivity index (χ3v) is 2.39. The number of carbonyl (C=O) groups excluding carboxylic acids is 1. The minimum atomic E-state index is -0.162. The van der Waals surface area contributed by atoms with Gasteiger partial charge in [0, 0.05) is 31.2 Å². The van der Waals surface area contributed by atoms with Crippen LogP contribution in [0.3, 0.4) is 0 Å². The van der Waals surface area contributed by atoms with E-state index in [1.807, 2.05) is 12.1 Å². The second-order valence-electron chi connectivity index (χ2n) is 3.37. The molecular formula is C10H15N3OS. The van der Waals surface area contributed by atoms with E-state index >= 15 is 0 Å². The van der Waals surface area contributed by atoms with Gasteiger partial charge in [-0.25, -0.2) is 4.79 Å². The molecule has 2 amide bonds. The Hall–Kier alpha value is -1.20. The summed E-state index contributed by atoms with van der Waals surface area (Å²) in [5.41, 5.74) is 7.18. The number of thiol groups is 1. The third kappa shape index (κ3) is 3.14. The van der Waals surface area contributed by atoms with Crippen molar-refractivity contribution in [2.45, 2.75) is 11.4 Å². The average molecular weight is 225 g/mol. The predicted molar refractivity (Wildman–Crippen MR) is 64.3 cm³/mol. The normalized spacial score (nSPS) is 9.87. The van der Waals surface area contributed by atoms with Crippen molar-refractivity contribution in [3.63, 3.8) is 0 Å². The van der Waals surface area contributed by atoms with Gasteiger partial charge in [0.25, 0.3) is 0 Å². The van der Waals surface area contributed by atoms with E-state index in [-0.39, 0.29) is 6.03 Å². The van der Waals surface area contributed by atoms with Gasteiger partial charge in [-0.05, 0) is 23.8 Å². The number of urea groups is 1. The summed E-state index contributed by atoms with van der Waals surface area (Å²) in [5.74, 6) is 0. The van der Waals surface area contributed by atoms with Gasteiger partial charge < -0.3 is 16.0 Å². The summed E-state index contributed by atoms with van der Waals surface area (Å²) >= 11 is 4.25. The lowest BCUT2D eigenvalue weighted by molar-refractivity contribution is 0.230. The number of benzene rings is 1. The molecule has 0 aliphatic rings. The van der Waals surface area contributed by atoms with Crippen LogP contribution in [0.15, 0.2) is 23.1 Å². The van der Waals surface area contributed by atoms with Gasteiger partial charge in [0.2, 0.25) is 0 Å². The zero-order valence-electron chi connectivity index (χ0n) is 8.82. The molecule has 0 saturated heterocycles. The van der Waals surface area contributed by atoms with Crippen molar-refractivity contribution < 1.29 is 4.79 Å². The van der Waals surface area contributed by atoms with Crippen molar-refractivity contribution >= 4 is 24.3 Å². The average Bonchev–Trinajstić information content (AvgIpc) is 2.20. The molecule has 0 heterocycles. The first kappa shape index (κ1) is 11.9. The third-order valence-electron chi connectivity index (χ3n) is 1.96. The molecule has 4 nitrogen and oxygen atoms in total. The van der Waals surface area contributed by atoms with Crippen molar-refractivity contribution in [3.05, 3.63) is 23.8 Å². The fourth-order valence-corrected chi connectivity index (χ4v) is 1.29. The van der Waals surface area contributed by atoms with Gasteiger partial charge in [-0.2, -0.15) is 0 Å². The molecular weight excluding hydrogens is 210 g/mol. The van der Waals surface area contributed by atoms with Crippen LogP contribution in [0, 0.1) is 0 Å². The monoisotopic (exact) mass is 225 g/mol. The maximum absolute atomic E-state index is 11.4. The number of rotatable bonds is 2. The number of hydrogen-bond acceptors (Lipinski definition) is 3. The Morgan fingerprint density at radius 1 is 1.53 bits per heavy atom. The number of carbonyl (C=O) groups is 1. The zero-order valence-corrected chi connectivity index (χ0v) is 9.71. The van der Waals surface area contributed by atoms with Gasteiger partial charge in [0.15, 0.2) is 0 Å². The molecule has 15 heavy (non-hydrogen) atoms. The second-order valence-corrected chi connectivity index (χ2v) is 3.85. The number of nitrogens with one attached hydrogen (secondary N) is 1. The lowest BCUT2D eigenvalue weighted by Gasteiger charge is -2.13. The lowest BCUT2D eigenvalue weighted by Crippen LogP contribution is -2.27. The highest BCUT2D eigenvalue weighted by Crippen LogP contribution is 2.18. The maximum Gasteiger partial charge on any atom is 0.321 e. The second kappa shape index (κ2) is 5.04. The molecule has 82 valence electrons. The standard InChI is InChI=1S/C10H15N3OS/c1-13(2)10(14)12-8-3-4-9(15)7(5-8)6-11/h3-5,15H,6,11H2,1-2H3,(H,12,14). The van der Waals surface area contributed by atoms with E-state index in [9.17, 15) is 4.79 Å². The number of nitrogens with two attached hydrogens (primary N) is 1. The van der Waals surface area contributed by atoms with Crippen LogP contribution < -0.4 is 11.1 Å². The molecule has 0 aromatic heterocycles. The minimum absolute atomic E-state index is 0.162. The smallest absolute Gasteiger partial charge is 0.321 e. The van der Waals surface area contributed by atoms with Gasteiger partial charge in [-0.15, -0.1) is 12.6 Å². The van der Waals surface area contributed by atoms with Crippen LogP contribution >= 0.6 is 12.6 Å². The molecule has 0 bridgehead atoms. The first-order chi connectivity index (χ1) is 7.04. The first-order valence-electron chi connectivity index (χ1n) is 4.55. The Morgan fingerprint density at radius 3 is 2.73 bits per heavy atom. The quantitative estimate of drug-likeness (QED) is 0.668. The van der Waals surface area contributed by atoms with Gasteiger partial charge >= 0.3 is 6.03 Å². The van der Waals surface area contributed by atoms with E-state index < -0.39 is 0 Å². The highest BCUT2D eigenvalue weighted by molar-refractivity contribution is 7.80. The van der Waals surface area contributed by atoms with E-state index in [0.29, 0.717) is 6.54 Å². The summed E-state index contributed by atoms with van der Waals surface area (Å²) in [6, 6.07) is 5.27. The number of hydrogen-bond donors (Lipinski definition) is 3. The minimum Gasteiger partial charge on any atom is -0.331 e. The highest BCUT2D eigenvalue weighted by atomic mass is 32.1. The molecule has 0 aliphatic heterocycles. The van der Waals surface area contributed by atoms with Crippen LogP contribution in [0.4, 0.5) is 10.5 Å². The van der Waals surface area contributed by atoms with E-state index in [1.54, 1.807) is 20.2 Å². The zero-order chi connectivity index (χ0) is 11.4. The van der Waals surface area contributed by atoms with Crippen LogP contribution in [0.25, 0.3) is 0 Å². The molecule has 0 spiro atoms. The molecule has 0 atom stereocenters. The summed E-state index contributed by atoms with van der Waals surface area (Å²) in [4.78, 5) is 13.7. The lowest BCUT2D eigenvalue weighted by atomic mass is 10.2. The molecule has 5 heteroatoms. The van der Waals surface area contributed by atoms with Crippen LogP contribution in [-0.4, -0.2) is 25.0 Å². The molecule has 1 aromatic rings. The van der Waals surface area contributed by atoms with Crippen LogP contribution in [0.1, 0.15) is 5.56 Å². The van der Waals surface area contributed by atoms with E-state index in [1.165, 1.54) is 4.90 Å². The van der Waals surface area contributed by atoms with Gasteiger partial charge in [-0.1, -0.05) is 0 Å². The largest absolute Gasteiger partial charge is 0.331 e. The van der Waals surface area contributed by atoms with E-state index in [2.05, 4.69) is 17.9 Å². The maximum atomic E-state index is 11.4. The Labute approximate surface area is 94.9 Å². The van der Waals surface area contributed by atoms with Crippen molar-refractivity contribution in [2.75, 3.05) is 19.4 Å². The number of nitrogens with zero attached hydrogens (tertiary/aromatic N) is 1. The molecule has 0 fully saturated rings. The molecule has 1 rings (SSSR count). The molecule has 0 unspecified atom stereocenters. The molecule has 1 aromatic carbocycles. The van der Waals surface area contributed by atoms with Crippen molar-refractivity contribution in [1.82, 2.24) is 4.90 Å². The van der Waals surface area contributed by atoms with Gasteiger partial charge in [0.05, 0.1) is 0 Å². The molecule has 0 aliphatic carbocycles. The van der Waals surface area contributed by atoms with Crippen LogP contribution in [0.2, 0.25) is 0 Å².